The highest BCUT2D eigenvalue weighted by Gasteiger charge is 2.15. The van der Waals surface area contributed by atoms with Gasteiger partial charge in [0, 0.05) is 39.5 Å². The van der Waals surface area contributed by atoms with Gasteiger partial charge in [-0.15, -0.1) is 0 Å². The lowest BCUT2D eigenvalue weighted by atomic mass is 9.95. The average Bonchev–Trinajstić information content (AvgIpc) is 2.79. The second-order valence-corrected chi connectivity index (χ2v) is 6.93. The van der Waals surface area contributed by atoms with Crippen LogP contribution in [0.2, 0.25) is 0 Å². The fraction of sp³-hybridized carbons (Fsp3) is 0.0800. The molecule has 5 heteroatoms. The van der Waals surface area contributed by atoms with E-state index in [9.17, 15) is 14.9 Å². The summed E-state index contributed by atoms with van der Waals surface area (Å²) in [6.45, 7) is 1.98. The fourth-order valence-corrected chi connectivity index (χ4v) is 3.50. The summed E-state index contributed by atoms with van der Waals surface area (Å²) in [5.41, 5.74) is 4.39. The predicted molar refractivity (Wildman–Crippen MR) is 118 cm³/mol. The lowest BCUT2D eigenvalue weighted by Gasteiger charge is -2.12. The Balaban J connectivity index is 1.71. The first-order chi connectivity index (χ1) is 14.6. The van der Waals surface area contributed by atoms with Crippen LogP contribution in [0.25, 0.3) is 22.0 Å². The van der Waals surface area contributed by atoms with Crippen LogP contribution < -0.4 is 10.7 Å². The number of hydrogen-bond donors (Lipinski definition) is 2. The van der Waals surface area contributed by atoms with Crippen molar-refractivity contribution in [3.05, 3.63) is 99.8 Å². The highest BCUT2D eigenvalue weighted by Crippen LogP contribution is 2.27. The third-order valence-corrected chi connectivity index (χ3v) is 5.03. The Labute approximate surface area is 173 Å². The topological polar surface area (TPSA) is 85.8 Å². The maximum absolute atomic E-state index is 13.0. The molecule has 0 spiro atoms. The Morgan fingerprint density at radius 1 is 1.00 bits per heavy atom. The van der Waals surface area contributed by atoms with Gasteiger partial charge in [0.1, 0.15) is 0 Å². The van der Waals surface area contributed by atoms with E-state index in [2.05, 4.69) is 16.4 Å². The van der Waals surface area contributed by atoms with Crippen LogP contribution in [0.5, 0.6) is 0 Å². The van der Waals surface area contributed by atoms with Crippen molar-refractivity contribution in [2.24, 2.45) is 0 Å². The largest absolute Gasteiger partial charge is 0.358 e. The Bertz CT molecular complexity index is 1360. The number of aromatic amines is 1. The third-order valence-electron chi connectivity index (χ3n) is 5.03. The van der Waals surface area contributed by atoms with E-state index in [0.29, 0.717) is 33.3 Å². The van der Waals surface area contributed by atoms with E-state index >= 15 is 0 Å². The van der Waals surface area contributed by atoms with Gasteiger partial charge in [0.25, 0.3) is 5.91 Å². The zero-order chi connectivity index (χ0) is 21.1. The SMILES string of the molecule is CCc1cc(=O)c2cc(NC(=O)c3ccccc3-c3ccccc3C#N)ccc2[nH]1. The van der Waals surface area contributed by atoms with E-state index in [1.54, 1.807) is 48.5 Å². The zero-order valence-corrected chi connectivity index (χ0v) is 16.4. The highest BCUT2D eigenvalue weighted by atomic mass is 16.1. The number of benzene rings is 3. The molecule has 1 aromatic heterocycles. The van der Waals surface area contributed by atoms with Gasteiger partial charge in [-0.05, 0) is 42.3 Å². The number of nitrogens with one attached hydrogen (secondary N) is 2. The van der Waals surface area contributed by atoms with Crippen molar-refractivity contribution in [1.82, 2.24) is 4.98 Å². The molecule has 0 radical (unpaired) electrons. The molecule has 146 valence electrons. The first kappa shape index (κ1) is 19.2. The van der Waals surface area contributed by atoms with Crippen molar-refractivity contribution in [3.8, 4) is 17.2 Å². The molecule has 0 saturated heterocycles. The number of nitrogens with zero attached hydrogens (tertiary/aromatic N) is 1. The van der Waals surface area contributed by atoms with Crippen LogP contribution >= 0.6 is 0 Å². The molecule has 0 unspecified atom stereocenters. The van der Waals surface area contributed by atoms with Gasteiger partial charge in [0.15, 0.2) is 5.43 Å². The molecule has 4 aromatic rings. The predicted octanol–water partition coefficient (Wildman–Crippen LogP) is 4.88. The molecule has 3 aromatic carbocycles. The lowest BCUT2D eigenvalue weighted by Crippen LogP contribution is -2.14. The van der Waals surface area contributed by atoms with E-state index < -0.39 is 0 Å². The van der Waals surface area contributed by atoms with Gasteiger partial charge in [-0.2, -0.15) is 5.26 Å². The first-order valence-electron chi connectivity index (χ1n) is 9.66. The Morgan fingerprint density at radius 3 is 2.50 bits per heavy atom. The molecule has 4 rings (SSSR count). The summed E-state index contributed by atoms with van der Waals surface area (Å²) in [5.74, 6) is -0.306. The molecule has 0 saturated carbocycles. The second-order valence-electron chi connectivity index (χ2n) is 6.93. The third kappa shape index (κ3) is 3.59. The minimum absolute atomic E-state index is 0.0833. The van der Waals surface area contributed by atoms with Crippen LogP contribution in [0.15, 0.2) is 77.6 Å². The van der Waals surface area contributed by atoms with Gasteiger partial charge >= 0.3 is 0 Å². The van der Waals surface area contributed by atoms with Gasteiger partial charge < -0.3 is 10.3 Å². The van der Waals surface area contributed by atoms with E-state index in [4.69, 9.17) is 0 Å². The van der Waals surface area contributed by atoms with Crippen LogP contribution in [-0.4, -0.2) is 10.9 Å². The average molecular weight is 393 g/mol. The maximum Gasteiger partial charge on any atom is 0.256 e. The summed E-state index contributed by atoms with van der Waals surface area (Å²) in [6.07, 6.45) is 0.741. The molecule has 0 aliphatic carbocycles. The van der Waals surface area contributed by atoms with Gasteiger partial charge in [-0.3, -0.25) is 9.59 Å². The van der Waals surface area contributed by atoms with Crippen LogP contribution in [0, 0.1) is 11.3 Å². The summed E-state index contributed by atoms with van der Waals surface area (Å²) < 4.78 is 0. The number of carbonyl (C=O) groups excluding carboxylic acids is 1. The number of pyridine rings is 1. The van der Waals surface area contributed by atoms with E-state index in [1.165, 1.54) is 0 Å². The number of carbonyl (C=O) groups is 1. The summed E-state index contributed by atoms with van der Waals surface area (Å²) in [4.78, 5) is 28.7. The summed E-state index contributed by atoms with van der Waals surface area (Å²) in [6, 6.07) is 23.3. The van der Waals surface area contributed by atoms with Crippen molar-refractivity contribution >= 4 is 22.5 Å². The molecule has 0 aliphatic heterocycles. The molecule has 0 atom stereocenters. The van der Waals surface area contributed by atoms with E-state index in [-0.39, 0.29) is 11.3 Å². The molecular weight excluding hydrogens is 374 g/mol. The summed E-state index contributed by atoms with van der Waals surface area (Å²) >= 11 is 0. The minimum Gasteiger partial charge on any atom is -0.358 e. The Morgan fingerprint density at radius 2 is 1.73 bits per heavy atom. The first-order valence-corrected chi connectivity index (χ1v) is 9.66. The fourth-order valence-electron chi connectivity index (χ4n) is 3.50. The Kier molecular flexibility index (Phi) is 5.15. The van der Waals surface area contributed by atoms with Gasteiger partial charge in [0.2, 0.25) is 0 Å². The quantitative estimate of drug-likeness (QED) is 0.518. The number of nitriles is 1. The molecule has 0 fully saturated rings. The molecule has 30 heavy (non-hydrogen) atoms. The minimum atomic E-state index is -0.306. The molecule has 0 bridgehead atoms. The van der Waals surface area contributed by atoms with Crippen molar-refractivity contribution in [3.63, 3.8) is 0 Å². The van der Waals surface area contributed by atoms with E-state index in [0.717, 1.165) is 17.6 Å². The van der Waals surface area contributed by atoms with Crippen LogP contribution in [-0.2, 0) is 6.42 Å². The number of fused-ring (bicyclic) bond motifs is 1. The van der Waals surface area contributed by atoms with Crippen LogP contribution in [0.4, 0.5) is 5.69 Å². The standard InChI is InChI=1S/C25H19N3O2/c1-2-17-14-24(29)22-13-18(11-12-23(22)27-17)28-25(30)21-10-6-5-9-20(21)19-8-4-3-7-16(19)15-26/h3-14H,2H2,1H3,(H,27,29)(H,28,30). The number of anilines is 1. The number of rotatable bonds is 4. The normalized spacial score (nSPS) is 10.5. The Hall–Kier alpha value is -4.17. The van der Waals surface area contributed by atoms with Crippen molar-refractivity contribution < 1.29 is 4.79 Å². The molecule has 2 N–H and O–H groups in total. The van der Waals surface area contributed by atoms with Gasteiger partial charge in [0.05, 0.1) is 11.6 Å². The van der Waals surface area contributed by atoms with E-state index in [1.807, 2.05) is 31.2 Å². The summed E-state index contributed by atoms with van der Waals surface area (Å²) in [5, 5.41) is 12.8. The molecule has 5 nitrogen and oxygen atoms in total. The van der Waals surface area contributed by atoms with Crippen molar-refractivity contribution in [2.75, 3.05) is 5.32 Å². The summed E-state index contributed by atoms with van der Waals surface area (Å²) in [7, 11) is 0. The monoisotopic (exact) mass is 393 g/mol. The lowest BCUT2D eigenvalue weighted by molar-refractivity contribution is 0.102. The number of hydrogen-bond acceptors (Lipinski definition) is 3. The smallest absolute Gasteiger partial charge is 0.256 e. The zero-order valence-electron chi connectivity index (χ0n) is 16.4. The molecule has 0 aliphatic rings. The van der Waals surface area contributed by atoms with Crippen molar-refractivity contribution in [1.29, 1.82) is 5.26 Å². The second kappa shape index (κ2) is 8.06. The van der Waals surface area contributed by atoms with Gasteiger partial charge in [-0.25, -0.2) is 0 Å². The molecular formula is C25H19N3O2. The maximum atomic E-state index is 13.0. The van der Waals surface area contributed by atoms with Crippen LogP contribution in [0.1, 0.15) is 28.5 Å². The number of aryl methyl sites for hydroxylation is 1. The number of amides is 1. The highest BCUT2D eigenvalue weighted by molar-refractivity contribution is 6.09. The number of H-pyrrole nitrogens is 1. The van der Waals surface area contributed by atoms with Crippen LogP contribution in [0.3, 0.4) is 0 Å². The molecule has 1 heterocycles. The molecule has 1 amide bonds. The van der Waals surface area contributed by atoms with Gasteiger partial charge in [-0.1, -0.05) is 43.3 Å². The van der Waals surface area contributed by atoms with Crippen molar-refractivity contribution in [2.45, 2.75) is 13.3 Å². The number of aromatic nitrogens is 1.